The van der Waals surface area contributed by atoms with Gasteiger partial charge in [0.2, 0.25) is 0 Å². The highest BCUT2D eigenvalue weighted by atomic mass is 16.7. The second kappa shape index (κ2) is 7.31. The zero-order valence-corrected chi connectivity index (χ0v) is 14.1. The number of ether oxygens (including phenoxy) is 2. The van der Waals surface area contributed by atoms with Crippen molar-refractivity contribution < 1.29 is 14.3 Å². The fourth-order valence-electron chi connectivity index (χ4n) is 3.43. The van der Waals surface area contributed by atoms with Crippen LogP contribution in [0, 0.1) is 6.92 Å². The molecular formula is C20H26O3. The Morgan fingerprint density at radius 1 is 1.22 bits per heavy atom. The van der Waals surface area contributed by atoms with Gasteiger partial charge in [0, 0.05) is 30.8 Å². The summed E-state index contributed by atoms with van der Waals surface area (Å²) < 4.78 is 11.9. The van der Waals surface area contributed by atoms with Gasteiger partial charge in [0.1, 0.15) is 5.76 Å². The number of rotatable bonds is 5. The van der Waals surface area contributed by atoms with E-state index in [1.165, 1.54) is 11.1 Å². The average molecular weight is 314 g/mol. The number of benzene rings is 1. The third-order valence-electron chi connectivity index (χ3n) is 4.74. The van der Waals surface area contributed by atoms with E-state index in [-0.39, 0.29) is 18.0 Å². The molecule has 1 aliphatic heterocycles. The first-order chi connectivity index (χ1) is 11.2. The lowest BCUT2D eigenvalue weighted by atomic mass is 9.79. The van der Waals surface area contributed by atoms with Gasteiger partial charge in [-0.25, -0.2) is 0 Å². The van der Waals surface area contributed by atoms with Gasteiger partial charge in [0.25, 0.3) is 0 Å². The maximum atomic E-state index is 12.5. The van der Waals surface area contributed by atoms with Crippen LogP contribution in [0.1, 0.15) is 62.5 Å². The van der Waals surface area contributed by atoms with Crippen molar-refractivity contribution in [2.45, 2.75) is 64.6 Å². The Labute approximate surface area is 138 Å². The average Bonchev–Trinajstić information content (AvgIpc) is 2.55. The second-order valence-corrected chi connectivity index (χ2v) is 6.58. The van der Waals surface area contributed by atoms with Crippen molar-refractivity contribution in [2.75, 3.05) is 6.61 Å². The topological polar surface area (TPSA) is 35.5 Å². The number of ketones is 1. The number of unbranched alkanes of at least 4 members (excludes halogenated alkanes) is 1. The van der Waals surface area contributed by atoms with Crippen molar-refractivity contribution in [3.8, 4) is 0 Å². The van der Waals surface area contributed by atoms with E-state index in [1.54, 1.807) is 0 Å². The quantitative estimate of drug-likeness (QED) is 0.742. The maximum absolute atomic E-state index is 12.5. The molecule has 1 aromatic rings. The highest BCUT2D eigenvalue weighted by Gasteiger charge is 2.37. The molecule has 124 valence electrons. The van der Waals surface area contributed by atoms with Crippen molar-refractivity contribution in [3.63, 3.8) is 0 Å². The molecule has 2 aliphatic rings. The van der Waals surface area contributed by atoms with Gasteiger partial charge in [0.05, 0.1) is 6.61 Å². The lowest BCUT2D eigenvalue weighted by Crippen LogP contribution is -2.32. The molecule has 0 spiro atoms. The number of aryl methyl sites for hydroxylation is 1. The minimum atomic E-state index is -0.225. The summed E-state index contributed by atoms with van der Waals surface area (Å²) in [5, 5.41) is 0. The molecule has 0 saturated heterocycles. The second-order valence-electron chi connectivity index (χ2n) is 6.58. The Morgan fingerprint density at radius 2 is 2.00 bits per heavy atom. The molecule has 2 atom stereocenters. The molecule has 23 heavy (non-hydrogen) atoms. The first-order valence-corrected chi connectivity index (χ1v) is 8.80. The van der Waals surface area contributed by atoms with Gasteiger partial charge in [-0.15, -0.1) is 0 Å². The van der Waals surface area contributed by atoms with E-state index in [0.717, 1.165) is 50.0 Å². The van der Waals surface area contributed by atoms with E-state index in [2.05, 4.69) is 38.1 Å². The Hall–Kier alpha value is -1.61. The van der Waals surface area contributed by atoms with Crippen LogP contribution in [0.3, 0.4) is 0 Å². The monoisotopic (exact) mass is 314 g/mol. The van der Waals surface area contributed by atoms with Gasteiger partial charge in [-0.05, 0) is 25.3 Å². The van der Waals surface area contributed by atoms with Crippen LogP contribution in [-0.2, 0) is 14.3 Å². The molecule has 2 unspecified atom stereocenters. The van der Waals surface area contributed by atoms with Crippen molar-refractivity contribution in [3.05, 3.63) is 46.7 Å². The molecule has 1 aromatic carbocycles. The highest BCUT2D eigenvalue weighted by molar-refractivity contribution is 5.98. The predicted octanol–water partition coefficient (Wildman–Crippen LogP) is 4.65. The fourth-order valence-corrected chi connectivity index (χ4v) is 3.43. The van der Waals surface area contributed by atoms with Crippen molar-refractivity contribution >= 4 is 5.78 Å². The number of carbonyl (C=O) groups excluding carboxylic acids is 1. The van der Waals surface area contributed by atoms with Gasteiger partial charge >= 0.3 is 0 Å². The zero-order chi connectivity index (χ0) is 16.2. The Kier molecular flexibility index (Phi) is 5.16. The van der Waals surface area contributed by atoms with E-state index in [4.69, 9.17) is 9.47 Å². The molecule has 0 radical (unpaired) electrons. The molecule has 0 amide bonds. The summed E-state index contributed by atoms with van der Waals surface area (Å²) in [5.41, 5.74) is 3.34. The summed E-state index contributed by atoms with van der Waals surface area (Å²) in [4.78, 5) is 12.5. The molecular weight excluding hydrogens is 288 g/mol. The molecule has 0 aromatic heterocycles. The van der Waals surface area contributed by atoms with E-state index < -0.39 is 0 Å². The summed E-state index contributed by atoms with van der Waals surface area (Å²) in [6.07, 6.45) is 5.05. The first-order valence-electron chi connectivity index (χ1n) is 8.80. The first kappa shape index (κ1) is 16.3. The van der Waals surface area contributed by atoms with Crippen LogP contribution < -0.4 is 0 Å². The number of Topliss-reactive ketones (excluding diaryl/α,β-unsaturated/α-hetero) is 1. The Bertz CT molecular complexity index is 585. The number of hydrogen-bond donors (Lipinski definition) is 0. The number of allylic oxidation sites excluding steroid dienone is 2. The highest BCUT2D eigenvalue weighted by Crippen LogP contribution is 2.42. The molecule has 0 bridgehead atoms. The molecule has 3 nitrogen and oxygen atoms in total. The van der Waals surface area contributed by atoms with E-state index in [1.807, 2.05) is 0 Å². The SMILES string of the molecule is CCCCOC1CC(c2ccc(C)cc2)C2=C(CCCC2=O)O1. The van der Waals surface area contributed by atoms with Crippen LogP contribution in [0.5, 0.6) is 0 Å². The molecule has 0 saturated carbocycles. The molecule has 1 heterocycles. The molecule has 3 rings (SSSR count). The normalized spacial score (nSPS) is 24.3. The van der Waals surface area contributed by atoms with Crippen LogP contribution in [0.2, 0.25) is 0 Å². The van der Waals surface area contributed by atoms with Gasteiger partial charge in [-0.2, -0.15) is 0 Å². The lowest BCUT2D eigenvalue weighted by Gasteiger charge is -2.36. The summed E-state index contributed by atoms with van der Waals surface area (Å²) in [6.45, 7) is 4.96. The summed E-state index contributed by atoms with van der Waals surface area (Å²) in [6, 6.07) is 8.51. The smallest absolute Gasteiger partial charge is 0.200 e. The van der Waals surface area contributed by atoms with Crippen molar-refractivity contribution in [1.29, 1.82) is 0 Å². The van der Waals surface area contributed by atoms with Gasteiger partial charge in [-0.1, -0.05) is 43.2 Å². The fraction of sp³-hybridized carbons (Fsp3) is 0.550. The third kappa shape index (κ3) is 3.66. The number of carbonyl (C=O) groups is 1. The van der Waals surface area contributed by atoms with E-state index >= 15 is 0 Å². The van der Waals surface area contributed by atoms with Gasteiger partial charge in [-0.3, -0.25) is 4.79 Å². The molecule has 1 aliphatic carbocycles. The van der Waals surface area contributed by atoms with Crippen LogP contribution >= 0.6 is 0 Å². The minimum absolute atomic E-state index is 0.110. The van der Waals surface area contributed by atoms with Gasteiger partial charge < -0.3 is 9.47 Å². The van der Waals surface area contributed by atoms with Crippen LogP contribution in [0.25, 0.3) is 0 Å². The van der Waals surface area contributed by atoms with Crippen molar-refractivity contribution in [1.82, 2.24) is 0 Å². The van der Waals surface area contributed by atoms with E-state index in [0.29, 0.717) is 6.42 Å². The predicted molar refractivity (Wildman–Crippen MR) is 90.2 cm³/mol. The zero-order valence-electron chi connectivity index (χ0n) is 14.1. The Balaban J connectivity index is 1.86. The molecule has 0 N–H and O–H groups in total. The van der Waals surface area contributed by atoms with Crippen LogP contribution in [0.4, 0.5) is 0 Å². The summed E-state index contributed by atoms with van der Waals surface area (Å²) in [5.74, 6) is 1.24. The largest absolute Gasteiger partial charge is 0.469 e. The number of hydrogen-bond acceptors (Lipinski definition) is 3. The van der Waals surface area contributed by atoms with Crippen LogP contribution in [-0.4, -0.2) is 18.7 Å². The maximum Gasteiger partial charge on any atom is 0.200 e. The standard InChI is InChI=1S/C20H26O3/c1-3-4-12-22-19-13-16(15-10-8-14(2)9-11-15)20-17(21)6-5-7-18(20)23-19/h8-11,16,19H,3-7,12-13H2,1-2H3. The summed E-state index contributed by atoms with van der Waals surface area (Å²) in [7, 11) is 0. The lowest BCUT2D eigenvalue weighted by molar-refractivity contribution is -0.139. The van der Waals surface area contributed by atoms with Gasteiger partial charge in [0.15, 0.2) is 12.1 Å². The minimum Gasteiger partial charge on any atom is -0.469 e. The summed E-state index contributed by atoms with van der Waals surface area (Å²) >= 11 is 0. The van der Waals surface area contributed by atoms with Crippen molar-refractivity contribution in [2.24, 2.45) is 0 Å². The Morgan fingerprint density at radius 3 is 2.74 bits per heavy atom. The third-order valence-corrected chi connectivity index (χ3v) is 4.74. The van der Waals surface area contributed by atoms with E-state index in [9.17, 15) is 4.79 Å². The molecule has 3 heteroatoms. The molecule has 0 fully saturated rings. The van der Waals surface area contributed by atoms with Crippen LogP contribution in [0.15, 0.2) is 35.6 Å².